The van der Waals surface area contributed by atoms with E-state index < -0.39 is 5.60 Å². The number of hydrogen-bond donors (Lipinski definition) is 1. The number of aliphatic hydroxyl groups is 1. The Morgan fingerprint density at radius 1 is 1.43 bits per heavy atom. The van der Waals surface area contributed by atoms with E-state index >= 15 is 0 Å². The molecule has 2 aromatic heterocycles. The summed E-state index contributed by atoms with van der Waals surface area (Å²) in [4.78, 5) is 20.5. The average molecular weight is 304 g/mol. The molecule has 3 heterocycles. The third-order valence-electron chi connectivity index (χ3n) is 4.40. The number of aryl methyl sites for hydroxylation is 2. The van der Waals surface area contributed by atoms with Gasteiger partial charge in [-0.05, 0) is 44.9 Å². The van der Waals surface area contributed by atoms with E-state index in [2.05, 4.69) is 4.98 Å². The zero-order valence-electron chi connectivity index (χ0n) is 12.8. The van der Waals surface area contributed by atoms with Crippen molar-refractivity contribution in [3.8, 4) is 0 Å². The number of carbonyl (C=O) groups excluding carboxylic acids is 1. The Morgan fingerprint density at radius 2 is 2.10 bits per heavy atom. The first-order valence-electron chi connectivity index (χ1n) is 7.15. The first-order chi connectivity index (χ1) is 9.79. The number of hydrogen-bond acceptors (Lipinski definition) is 4. The van der Waals surface area contributed by atoms with E-state index in [-0.39, 0.29) is 11.8 Å². The molecular weight excluding hydrogens is 284 g/mol. The highest BCUT2D eigenvalue weighted by molar-refractivity contribution is 7.20. The number of nitrogens with zero attached hydrogens (tertiary/aromatic N) is 2. The van der Waals surface area contributed by atoms with E-state index in [9.17, 15) is 9.90 Å². The van der Waals surface area contributed by atoms with Crippen molar-refractivity contribution in [2.45, 2.75) is 33.3 Å². The maximum absolute atomic E-state index is 12.6. The minimum Gasteiger partial charge on any atom is -0.390 e. The minimum atomic E-state index is -0.718. The highest BCUT2D eigenvalue weighted by Crippen LogP contribution is 2.35. The summed E-state index contributed by atoms with van der Waals surface area (Å²) in [6, 6.07) is 1.98. The maximum atomic E-state index is 12.6. The van der Waals surface area contributed by atoms with Gasteiger partial charge in [-0.25, -0.2) is 4.98 Å². The summed E-state index contributed by atoms with van der Waals surface area (Å²) in [6.07, 6.45) is 1.79. The van der Waals surface area contributed by atoms with E-state index in [1.165, 1.54) is 11.3 Å². The molecule has 0 atom stereocenters. The summed E-state index contributed by atoms with van der Waals surface area (Å²) in [5, 5.41) is 11.1. The zero-order chi connectivity index (χ0) is 15.4. The second kappa shape index (κ2) is 4.78. The van der Waals surface area contributed by atoms with E-state index in [0.29, 0.717) is 13.1 Å². The van der Waals surface area contributed by atoms with Gasteiger partial charge in [0.15, 0.2) is 0 Å². The molecule has 5 heteroatoms. The molecule has 0 unspecified atom stereocenters. The Kier molecular flexibility index (Phi) is 3.30. The fraction of sp³-hybridized carbons (Fsp3) is 0.500. The fourth-order valence-electron chi connectivity index (χ4n) is 2.79. The van der Waals surface area contributed by atoms with Gasteiger partial charge in [-0.1, -0.05) is 0 Å². The summed E-state index contributed by atoms with van der Waals surface area (Å²) >= 11 is 1.47. The topological polar surface area (TPSA) is 53.4 Å². The largest absolute Gasteiger partial charge is 0.390 e. The number of rotatable bonds is 2. The van der Waals surface area contributed by atoms with Crippen LogP contribution in [-0.4, -0.2) is 39.6 Å². The van der Waals surface area contributed by atoms with Crippen LogP contribution in [0.25, 0.3) is 10.2 Å². The summed E-state index contributed by atoms with van der Waals surface area (Å²) < 4.78 is 0. The second-order valence-electron chi connectivity index (χ2n) is 6.42. The molecule has 0 saturated carbocycles. The lowest BCUT2D eigenvalue weighted by molar-refractivity contribution is -0.0505. The predicted molar refractivity (Wildman–Crippen MR) is 84.8 cm³/mol. The number of likely N-dealkylation sites (tertiary alicyclic amines) is 1. The predicted octanol–water partition coefficient (Wildman–Crippen LogP) is 2.76. The quantitative estimate of drug-likeness (QED) is 0.928. The first-order valence-corrected chi connectivity index (χ1v) is 7.97. The molecular formula is C16H20N2O2S. The van der Waals surface area contributed by atoms with Gasteiger partial charge in [0.25, 0.3) is 5.91 Å². The number of aromatic nitrogens is 1. The van der Waals surface area contributed by atoms with Gasteiger partial charge in [-0.3, -0.25) is 4.79 Å². The first kappa shape index (κ1) is 14.5. The van der Waals surface area contributed by atoms with Crippen LogP contribution in [0.5, 0.6) is 0 Å². The number of amides is 1. The van der Waals surface area contributed by atoms with E-state index in [1.807, 2.05) is 24.8 Å². The lowest BCUT2D eigenvalue weighted by Crippen LogP contribution is -2.57. The zero-order valence-corrected chi connectivity index (χ0v) is 13.6. The molecule has 1 aliphatic heterocycles. The Hall–Kier alpha value is -1.46. The van der Waals surface area contributed by atoms with E-state index in [0.717, 1.165) is 26.2 Å². The van der Waals surface area contributed by atoms with Crippen LogP contribution in [0, 0.1) is 19.8 Å². The van der Waals surface area contributed by atoms with E-state index in [1.54, 1.807) is 20.0 Å². The van der Waals surface area contributed by atoms with Crippen molar-refractivity contribution in [3.05, 3.63) is 28.3 Å². The molecule has 4 nitrogen and oxygen atoms in total. The third-order valence-corrected chi connectivity index (χ3v) is 5.59. The molecule has 1 saturated heterocycles. The smallest absolute Gasteiger partial charge is 0.264 e. The van der Waals surface area contributed by atoms with Crippen LogP contribution in [0.15, 0.2) is 12.3 Å². The maximum Gasteiger partial charge on any atom is 0.264 e. The monoisotopic (exact) mass is 304 g/mol. The van der Waals surface area contributed by atoms with Gasteiger partial charge < -0.3 is 10.0 Å². The molecule has 0 aromatic carbocycles. The molecule has 21 heavy (non-hydrogen) atoms. The van der Waals surface area contributed by atoms with Crippen LogP contribution in [0.1, 0.15) is 34.6 Å². The number of thiophene rings is 1. The Labute approximate surface area is 128 Å². The molecule has 1 N–H and O–H groups in total. The standard InChI is InChI=1S/C16H20N2O2S/c1-9-5-6-17-14-12(9)10(2)13(21-14)15(19)18-7-11(8-18)16(3,4)20/h5-6,11,20H,7-8H2,1-4H3. The molecule has 0 bridgehead atoms. The lowest BCUT2D eigenvalue weighted by atomic mass is 9.84. The molecule has 112 valence electrons. The van der Waals surface area contributed by atoms with Crippen LogP contribution in [0.2, 0.25) is 0 Å². The van der Waals surface area contributed by atoms with E-state index in [4.69, 9.17) is 0 Å². The Bertz CT molecular complexity index is 709. The van der Waals surface area contributed by atoms with Crippen LogP contribution < -0.4 is 0 Å². The van der Waals surface area contributed by atoms with Gasteiger partial charge in [0.05, 0.1) is 10.5 Å². The van der Waals surface area contributed by atoms with Gasteiger partial charge in [0.2, 0.25) is 0 Å². The number of pyridine rings is 1. The fourth-order valence-corrected chi connectivity index (χ4v) is 3.99. The van der Waals surface area contributed by atoms with Crippen LogP contribution in [-0.2, 0) is 0 Å². The molecule has 1 amide bonds. The van der Waals surface area contributed by atoms with Crippen molar-refractivity contribution in [3.63, 3.8) is 0 Å². The highest BCUT2D eigenvalue weighted by Gasteiger charge is 2.40. The normalized spacial score (nSPS) is 16.3. The van der Waals surface area contributed by atoms with Crippen molar-refractivity contribution in [2.75, 3.05) is 13.1 Å². The Balaban J connectivity index is 1.87. The summed E-state index contributed by atoms with van der Waals surface area (Å²) in [5.41, 5.74) is 1.47. The molecule has 0 aliphatic carbocycles. The molecule has 1 fully saturated rings. The van der Waals surface area contributed by atoms with Crippen molar-refractivity contribution < 1.29 is 9.90 Å². The summed E-state index contributed by atoms with van der Waals surface area (Å²) in [7, 11) is 0. The van der Waals surface area contributed by atoms with Gasteiger partial charge >= 0.3 is 0 Å². The van der Waals surface area contributed by atoms with Crippen molar-refractivity contribution in [2.24, 2.45) is 5.92 Å². The molecule has 1 aliphatic rings. The molecule has 3 rings (SSSR count). The third kappa shape index (κ3) is 2.34. The van der Waals surface area contributed by atoms with Crippen LogP contribution in [0.3, 0.4) is 0 Å². The van der Waals surface area contributed by atoms with Gasteiger partial charge in [0.1, 0.15) is 4.83 Å². The summed E-state index contributed by atoms with van der Waals surface area (Å²) in [6.45, 7) is 8.90. The van der Waals surface area contributed by atoms with Gasteiger partial charge in [-0.2, -0.15) is 0 Å². The molecule has 0 spiro atoms. The van der Waals surface area contributed by atoms with Crippen molar-refractivity contribution in [1.29, 1.82) is 0 Å². The van der Waals surface area contributed by atoms with Crippen molar-refractivity contribution >= 4 is 27.5 Å². The minimum absolute atomic E-state index is 0.0652. The average Bonchev–Trinajstić information content (AvgIpc) is 2.64. The van der Waals surface area contributed by atoms with Crippen molar-refractivity contribution in [1.82, 2.24) is 9.88 Å². The molecule has 2 aromatic rings. The number of fused-ring (bicyclic) bond motifs is 1. The molecule has 0 radical (unpaired) electrons. The number of carbonyl (C=O) groups is 1. The summed E-state index contributed by atoms with van der Waals surface area (Å²) in [5.74, 6) is 0.228. The highest BCUT2D eigenvalue weighted by atomic mass is 32.1. The van der Waals surface area contributed by atoms with Crippen LogP contribution in [0.4, 0.5) is 0 Å². The van der Waals surface area contributed by atoms with Gasteiger partial charge in [0, 0.05) is 30.6 Å². The lowest BCUT2D eigenvalue weighted by Gasteiger charge is -2.45. The van der Waals surface area contributed by atoms with Crippen LogP contribution >= 0.6 is 11.3 Å². The van der Waals surface area contributed by atoms with Gasteiger partial charge in [-0.15, -0.1) is 11.3 Å². The Morgan fingerprint density at radius 3 is 2.67 bits per heavy atom. The SMILES string of the molecule is Cc1ccnc2sc(C(=O)N3CC(C(C)(C)O)C3)c(C)c12. The second-order valence-corrected chi connectivity index (χ2v) is 7.42.